The average Bonchev–Trinajstić information content (AvgIpc) is 2.60. The van der Waals surface area contributed by atoms with Crippen molar-refractivity contribution < 1.29 is 24.9 Å². The predicted octanol–water partition coefficient (Wildman–Crippen LogP) is 2.98. The third-order valence-electron chi connectivity index (χ3n) is 2.75. The largest absolute Gasteiger partial charge is 0.506 e. The number of phenolic OH excluding ortho intramolecular Hbond substituents is 1. The topological polar surface area (TPSA) is 136 Å². The molecule has 0 aliphatic heterocycles. The molecule has 0 unspecified atom stereocenters. The first kappa shape index (κ1) is 20.3. The Morgan fingerprint density at radius 3 is 2.15 bits per heavy atom. The molecule has 9 nitrogen and oxygen atoms in total. The summed E-state index contributed by atoms with van der Waals surface area (Å²) >= 11 is 0. The van der Waals surface area contributed by atoms with Crippen LogP contribution in [0, 0.1) is 0 Å². The van der Waals surface area contributed by atoms with E-state index in [0.717, 1.165) is 5.69 Å². The Morgan fingerprint density at radius 1 is 1.04 bits per heavy atom. The number of rotatable bonds is 5. The minimum atomic E-state index is -1.26. The Labute approximate surface area is 149 Å². The Hall–Kier alpha value is -3.75. The maximum atomic E-state index is 9.82. The summed E-state index contributed by atoms with van der Waals surface area (Å²) in [5.41, 5.74) is 1.33. The first-order valence-electron chi connectivity index (χ1n) is 7.26. The molecule has 0 saturated carbocycles. The Morgan fingerprint density at radius 2 is 1.69 bits per heavy atom. The molecule has 0 fully saturated rings. The fourth-order valence-corrected chi connectivity index (χ4v) is 1.54. The average molecular weight is 358 g/mol. The van der Waals surface area contributed by atoms with Crippen LogP contribution < -0.4 is 4.90 Å². The van der Waals surface area contributed by atoms with Crippen LogP contribution in [0.25, 0.3) is 0 Å². The van der Waals surface area contributed by atoms with Crippen molar-refractivity contribution in [2.24, 2.45) is 10.2 Å². The van der Waals surface area contributed by atoms with Gasteiger partial charge >= 0.3 is 11.9 Å². The van der Waals surface area contributed by atoms with Crippen molar-refractivity contribution in [1.82, 2.24) is 4.98 Å². The van der Waals surface area contributed by atoms with Crippen LogP contribution in [0.5, 0.6) is 5.75 Å². The van der Waals surface area contributed by atoms with Crippen LogP contribution >= 0.6 is 0 Å². The van der Waals surface area contributed by atoms with Crippen molar-refractivity contribution in [1.29, 1.82) is 0 Å². The second kappa shape index (κ2) is 10.2. The van der Waals surface area contributed by atoms with Crippen LogP contribution in [0.4, 0.5) is 17.2 Å². The Kier molecular flexibility index (Phi) is 7.95. The van der Waals surface area contributed by atoms with E-state index in [1.165, 1.54) is 0 Å². The number of aromatic nitrogens is 1. The van der Waals surface area contributed by atoms with Crippen LogP contribution in [0.15, 0.2) is 65.0 Å². The van der Waals surface area contributed by atoms with E-state index in [1.54, 1.807) is 24.4 Å². The number of nitrogens with zero attached hydrogens (tertiary/aromatic N) is 4. The summed E-state index contributed by atoms with van der Waals surface area (Å²) in [5, 5.41) is 33.4. The number of azo groups is 1. The van der Waals surface area contributed by atoms with E-state index in [2.05, 4.69) is 15.2 Å². The minimum absolute atomic E-state index is 0.0980. The van der Waals surface area contributed by atoms with E-state index in [4.69, 9.17) is 10.2 Å². The first-order valence-corrected chi connectivity index (χ1v) is 7.26. The molecule has 2 aromatic rings. The van der Waals surface area contributed by atoms with Gasteiger partial charge in [-0.05, 0) is 24.3 Å². The van der Waals surface area contributed by atoms with E-state index >= 15 is 0 Å². The van der Waals surface area contributed by atoms with Gasteiger partial charge in [-0.15, -0.1) is 10.2 Å². The lowest BCUT2D eigenvalue weighted by Gasteiger charge is -2.12. The molecule has 1 heterocycles. The smallest absolute Gasteiger partial charge is 0.328 e. The zero-order valence-electron chi connectivity index (χ0n) is 14.1. The van der Waals surface area contributed by atoms with Crippen LogP contribution in [0.2, 0.25) is 0 Å². The predicted molar refractivity (Wildman–Crippen MR) is 95.3 cm³/mol. The second-order valence-corrected chi connectivity index (χ2v) is 4.97. The third kappa shape index (κ3) is 7.68. The molecule has 0 spiro atoms. The molecule has 0 amide bonds. The zero-order chi connectivity index (χ0) is 19.5. The normalized spacial score (nSPS) is 10.4. The fraction of sp³-hybridized carbons (Fsp3) is 0.118. The standard InChI is InChI=1S/C13H14N4O.C4H4O4/c1-17(2)10-6-7-11(12(18)9-10)15-16-13-5-3-4-8-14-13;5-3(6)1-2-4(7)8/h3-9,18H,1-2H3;1-2H,(H,5,6)(H,7,8)/b;2-1+. The molecule has 26 heavy (non-hydrogen) atoms. The van der Waals surface area contributed by atoms with E-state index in [0.29, 0.717) is 23.7 Å². The molecule has 0 radical (unpaired) electrons. The summed E-state index contributed by atoms with van der Waals surface area (Å²) in [6.07, 6.45) is 2.76. The molecule has 1 aromatic heterocycles. The van der Waals surface area contributed by atoms with Crippen molar-refractivity contribution >= 4 is 29.1 Å². The number of carboxylic acid groups (broad SMARTS) is 2. The molecule has 2 rings (SSSR count). The van der Waals surface area contributed by atoms with Gasteiger partial charge in [-0.2, -0.15) is 0 Å². The van der Waals surface area contributed by atoms with Gasteiger partial charge < -0.3 is 20.2 Å². The van der Waals surface area contributed by atoms with Gasteiger partial charge in [-0.1, -0.05) is 6.07 Å². The first-order chi connectivity index (χ1) is 12.3. The van der Waals surface area contributed by atoms with Crippen molar-refractivity contribution in [3.05, 3.63) is 54.7 Å². The van der Waals surface area contributed by atoms with Crippen molar-refractivity contribution in [2.45, 2.75) is 0 Å². The lowest BCUT2D eigenvalue weighted by atomic mass is 10.2. The SMILES string of the molecule is CN(C)c1ccc(N=Nc2ccccn2)c(O)c1.O=C(O)/C=C/C(=O)O. The molecule has 136 valence electrons. The number of phenols is 1. The van der Waals surface area contributed by atoms with E-state index in [9.17, 15) is 14.7 Å². The van der Waals surface area contributed by atoms with Gasteiger partial charge in [-0.3, -0.25) is 0 Å². The number of carbonyl (C=O) groups is 2. The third-order valence-corrected chi connectivity index (χ3v) is 2.75. The molecule has 0 aliphatic carbocycles. The number of aliphatic carboxylic acids is 2. The molecule has 0 saturated heterocycles. The maximum absolute atomic E-state index is 9.82. The van der Waals surface area contributed by atoms with Crippen LogP contribution in [-0.4, -0.2) is 46.3 Å². The Bertz CT molecular complexity index is 788. The lowest BCUT2D eigenvalue weighted by molar-refractivity contribution is -0.134. The van der Waals surface area contributed by atoms with Crippen LogP contribution in [0.3, 0.4) is 0 Å². The highest BCUT2D eigenvalue weighted by molar-refractivity contribution is 5.89. The molecular formula is C17H18N4O5. The summed E-state index contributed by atoms with van der Waals surface area (Å²) in [6, 6.07) is 10.6. The minimum Gasteiger partial charge on any atom is -0.506 e. The number of pyridine rings is 1. The van der Waals surface area contributed by atoms with Crippen molar-refractivity contribution in [2.75, 3.05) is 19.0 Å². The molecular weight excluding hydrogens is 340 g/mol. The monoisotopic (exact) mass is 358 g/mol. The van der Waals surface area contributed by atoms with Gasteiger partial charge in [-0.25, -0.2) is 14.6 Å². The summed E-state index contributed by atoms with van der Waals surface area (Å²) < 4.78 is 0. The summed E-state index contributed by atoms with van der Waals surface area (Å²) in [4.78, 5) is 25.0. The van der Waals surface area contributed by atoms with Crippen LogP contribution in [-0.2, 0) is 9.59 Å². The van der Waals surface area contributed by atoms with Gasteiger partial charge in [0.2, 0.25) is 0 Å². The molecule has 0 bridgehead atoms. The van der Waals surface area contributed by atoms with Crippen LogP contribution in [0.1, 0.15) is 0 Å². The van der Waals surface area contributed by atoms with Gasteiger partial charge in [0.1, 0.15) is 11.4 Å². The highest BCUT2D eigenvalue weighted by Crippen LogP contribution is 2.31. The number of carboxylic acids is 2. The number of hydrogen-bond donors (Lipinski definition) is 3. The molecule has 9 heteroatoms. The number of benzene rings is 1. The van der Waals surface area contributed by atoms with Gasteiger partial charge in [0.05, 0.1) is 0 Å². The summed E-state index contributed by atoms with van der Waals surface area (Å²) in [6.45, 7) is 0. The second-order valence-electron chi connectivity index (χ2n) is 4.97. The molecule has 0 atom stereocenters. The van der Waals surface area contributed by atoms with Crippen molar-refractivity contribution in [3.63, 3.8) is 0 Å². The lowest BCUT2D eigenvalue weighted by Crippen LogP contribution is -2.07. The van der Waals surface area contributed by atoms with E-state index in [1.807, 2.05) is 37.2 Å². The van der Waals surface area contributed by atoms with Gasteiger partial charge in [0, 0.05) is 44.2 Å². The fourth-order valence-electron chi connectivity index (χ4n) is 1.54. The van der Waals surface area contributed by atoms with Crippen molar-refractivity contribution in [3.8, 4) is 5.75 Å². The number of anilines is 1. The molecule has 0 aliphatic rings. The maximum Gasteiger partial charge on any atom is 0.328 e. The number of aromatic hydroxyl groups is 1. The highest BCUT2D eigenvalue weighted by Gasteiger charge is 2.03. The van der Waals surface area contributed by atoms with Gasteiger partial charge in [0.15, 0.2) is 5.82 Å². The highest BCUT2D eigenvalue weighted by atomic mass is 16.4. The molecule has 1 aromatic carbocycles. The Balaban J connectivity index is 0.000000359. The van der Waals surface area contributed by atoms with E-state index < -0.39 is 11.9 Å². The van der Waals surface area contributed by atoms with E-state index in [-0.39, 0.29) is 5.75 Å². The van der Waals surface area contributed by atoms with Gasteiger partial charge in [0.25, 0.3) is 0 Å². The number of hydrogen-bond acceptors (Lipinski definition) is 7. The molecule has 3 N–H and O–H groups in total. The zero-order valence-corrected chi connectivity index (χ0v) is 14.1. The quantitative estimate of drug-likeness (QED) is 0.552. The summed E-state index contributed by atoms with van der Waals surface area (Å²) in [7, 11) is 3.81. The summed E-state index contributed by atoms with van der Waals surface area (Å²) in [5.74, 6) is -1.91.